The van der Waals surface area contributed by atoms with Crippen molar-refractivity contribution in [1.82, 2.24) is 5.32 Å². The van der Waals surface area contributed by atoms with Crippen LogP contribution in [0.2, 0.25) is 0 Å². The zero-order valence-corrected chi connectivity index (χ0v) is 10.1. The number of amidine groups is 1. The molecule has 1 aromatic rings. The van der Waals surface area contributed by atoms with Gasteiger partial charge in [-0.3, -0.25) is 9.79 Å². The molecule has 4 nitrogen and oxygen atoms in total. The second kappa shape index (κ2) is 5.05. The molecule has 17 heavy (non-hydrogen) atoms. The van der Waals surface area contributed by atoms with Crippen LogP contribution in [0, 0.1) is 0 Å². The van der Waals surface area contributed by atoms with Crippen molar-refractivity contribution in [3.05, 3.63) is 34.7 Å². The molecule has 5 heteroatoms. The van der Waals surface area contributed by atoms with Crippen LogP contribution in [0.4, 0.5) is 0 Å². The highest BCUT2D eigenvalue weighted by Gasteiger charge is 2.23. The molecule has 0 saturated carbocycles. The van der Waals surface area contributed by atoms with E-state index in [2.05, 4.69) is 10.3 Å². The Hall–Kier alpha value is -1.75. The van der Waals surface area contributed by atoms with Gasteiger partial charge in [0.05, 0.1) is 4.91 Å². The van der Waals surface area contributed by atoms with Gasteiger partial charge in [0.1, 0.15) is 5.75 Å². The van der Waals surface area contributed by atoms with Crippen molar-refractivity contribution in [3.63, 3.8) is 0 Å². The van der Waals surface area contributed by atoms with Gasteiger partial charge in [-0.2, -0.15) is 0 Å². The molecule has 1 aromatic carbocycles. The van der Waals surface area contributed by atoms with Crippen LogP contribution in [0.5, 0.6) is 5.75 Å². The second-order valence-electron chi connectivity index (χ2n) is 3.40. The smallest absolute Gasteiger partial charge is 0.264 e. The standard InChI is InChI=1S/C12H12N2O2S/c1-2-13-12-14-11(16)10(17-12)7-8-5-3-4-6-9(8)15/h3-7,15H,2H2,1H3,(H,13,14,16)/b10-7-. The number of phenolic OH excluding ortho intramolecular Hbond substituents is 1. The van der Waals surface area contributed by atoms with Crippen molar-refractivity contribution in [1.29, 1.82) is 0 Å². The van der Waals surface area contributed by atoms with E-state index in [4.69, 9.17) is 0 Å². The topological polar surface area (TPSA) is 61.7 Å². The molecule has 0 spiro atoms. The Bertz CT molecular complexity index is 509. The van der Waals surface area contributed by atoms with Gasteiger partial charge < -0.3 is 10.4 Å². The predicted octanol–water partition coefficient (Wildman–Crippen LogP) is 1.97. The van der Waals surface area contributed by atoms with Crippen LogP contribution in [0.1, 0.15) is 12.5 Å². The van der Waals surface area contributed by atoms with Gasteiger partial charge in [-0.15, -0.1) is 0 Å². The highest BCUT2D eigenvalue weighted by Crippen LogP contribution is 2.28. The molecule has 0 radical (unpaired) electrons. The number of rotatable bonds is 2. The van der Waals surface area contributed by atoms with Crippen molar-refractivity contribution >= 4 is 28.9 Å². The lowest BCUT2D eigenvalue weighted by Crippen LogP contribution is -2.19. The first-order chi connectivity index (χ1) is 8.20. The van der Waals surface area contributed by atoms with E-state index in [1.54, 1.807) is 24.3 Å². The van der Waals surface area contributed by atoms with E-state index >= 15 is 0 Å². The number of thioether (sulfide) groups is 1. The largest absolute Gasteiger partial charge is 0.507 e. The van der Waals surface area contributed by atoms with Crippen molar-refractivity contribution in [2.45, 2.75) is 6.92 Å². The number of carbonyl (C=O) groups is 1. The third-order valence-electron chi connectivity index (χ3n) is 2.18. The number of para-hydroxylation sites is 1. The van der Waals surface area contributed by atoms with Gasteiger partial charge in [-0.1, -0.05) is 18.2 Å². The van der Waals surface area contributed by atoms with Gasteiger partial charge >= 0.3 is 0 Å². The maximum atomic E-state index is 11.6. The quantitative estimate of drug-likeness (QED) is 0.787. The second-order valence-corrected chi connectivity index (χ2v) is 4.43. The summed E-state index contributed by atoms with van der Waals surface area (Å²) in [5, 5.41) is 12.9. The van der Waals surface area contributed by atoms with Gasteiger partial charge in [0.2, 0.25) is 0 Å². The molecular formula is C12H12N2O2S. The third-order valence-corrected chi connectivity index (χ3v) is 3.12. The number of hydrogen-bond acceptors (Lipinski definition) is 4. The molecule has 1 aliphatic rings. The lowest BCUT2D eigenvalue weighted by molar-refractivity contribution is -0.115. The van der Waals surface area contributed by atoms with Gasteiger partial charge in [-0.05, 0) is 30.8 Å². The average Bonchev–Trinajstić information content (AvgIpc) is 2.63. The summed E-state index contributed by atoms with van der Waals surface area (Å²) in [6.07, 6.45) is 1.66. The number of carbonyl (C=O) groups excluding carboxylic acids is 1. The molecule has 1 amide bonds. The number of amides is 1. The summed E-state index contributed by atoms with van der Waals surface area (Å²) in [6, 6.07) is 6.89. The fourth-order valence-corrected chi connectivity index (χ4v) is 2.27. The summed E-state index contributed by atoms with van der Waals surface area (Å²) in [5.41, 5.74) is 0.628. The molecule has 2 rings (SSSR count). The first-order valence-electron chi connectivity index (χ1n) is 5.24. The van der Waals surface area contributed by atoms with Gasteiger partial charge in [-0.25, -0.2) is 0 Å². The van der Waals surface area contributed by atoms with E-state index in [9.17, 15) is 9.90 Å². The number of aliphatic imine (C=N–C) groups is 1. The minimum Gasteiger partial charge on any atom is -0.507 e. The van der Waals surface area contributed by atoms with E-state index in [1.165, 1.54) is 11.8 Å². The average molecular weight is 248 g/mol. The maximum Gasteiger partial charge on any atom is 0.264 e. The highest BCUT2D eigenvalue weighted by atomic mass is 32.2. The van der Waals surface area contributed by atoms with Crippen LogP contribution < -0.4 is 5.32 Å². The normalized spacial score (nSPS) is 19.9. The summed E-state index contributed by atoms with van der Waals surface area (Å²) in [6.45, 7) is 2.54. The van der Waals surface area contributed by atoms with E-state index in [0.717, 1.165) is 0 Å². The minimum atomic E-state index is -0.176. The first-order valence-corrected chi connectivity index (χ1v) is 6.05. The number of aromatic hydroxyl groups is 1. The summed E-state index contributed by atoms with van der Waals surface area (Å²) >= 11 is 1.29. The number of phenols is 1. The van der Waals surface area contributed by atoms with Crippen LogP contribution in [-0.2, 0) is 4.79 Å². The Morgan fingerprint density at radius 2 is 2.24 bits per heavy atom. The molecule has 1 aliphatic heterocycles. The van der Waals surface area contributed by atoms with Gasteiger partial charge in [0.25, 0.3) is 5.91 Å². The Morgan fingerprint density at radius 1 is 1.47 bits per heavy atom. The number of hydrogen-bond donors (Lipinski definition) is 2. The van der Waals surface area contributed by atoms with E-state index in [1.807, 2.05) is 13.0 Å². The molecule has 1 fully saturated rings. The highest BCUT2D eigenvalue weighted by molar-refractivity contribution is 8.18. The monoisotopic (exact) mass is 248 g/mol. The van der Waals surface area contributed by atoms with Crippen molar-refractivity contribution in [3.8, 4) is 5.75 Å². The van der Waals surface area contributed by atoms with E-state index < -0.39 is 0 Å². The molecule has 1 heterocycles. The minimum absolute atomic E-state index is 0.161. The Balaban J connectivity index is 2.27. The van der Waals surface area contributed by atoms with Crippen LogP contribution in [0.15, 0.2) is 34.2 Å². The number of benzene rings is 1. The van der Waals surface area contributed by atoms with Crippen LogP contribution in [0.3, 0.4) is 0 Å². The number of nitrogens with zero attached hydrogens (tertiary/aromatic N) is 1. The van der Waals surface area contributed by atoms with Gasteiger partial charge in [0, 0.05) is 12.1 Å². The molecule has 0 unspecified atom stereocenters. The summed E-state index contributed by atoms with van der Waals surface area (Å²) in [4.78, 5) is 16.3. The molecule has 1 saturated heterocycles. The lowest BCUT2D eigenvalue weighted by Gasteiger charge is -1.97. The van der Waals surface area contributed by atoms with Crippen LogP contribution in [-0.4, -0.2) is 22.7 Å². The zero-order chi connectivity index (χ0) is 12.3. The fourth-order valence-electron chi connectivity index (χ4n) is 1.40. The Kier molecular flexibility index (Phi) is 3.49. The summed E-state index contributed by atoms with van der Waals surface area (Å²) in [7, 11) is 0. The van der Waals surface area contributed by atoms with Gasteiger partial charge in [0.15, 0.2) is 5.17 Å². The van der Waals surface area contributed by atoms with Crippen molar-refractivity contribution in [2.75, 3.05) is 6.54 Å². The lowest BCUT2D eigenvalue weighted by atomic mass is 10.2. The maximum absolute atomic E-state index is 11.6. The van der Waals surface area contributed by atoms with E-state index in [-0.39, 0.29) is 11.7 Å². The molecule has 88 valence electrons. The van der Waals surface area contributed by atoms with Crippen LogP contribution in [0.25, 0.3) is 6.08 Å². The SMILES string of the molecule is CCN=C1NC(=O)/C(=C/c2ccccc2O)S1. The molecular weight excluding hydrogens is 236 g/mol. The molecule has 0 bridgehead atoms. The Labute approximate surface area is 103 Å². The van der Waals surface area contributed by atoms with Crippen LogP contribution >= 0.6 is 11.8 Å². The third kappa shape index (κ3) is 2.68. The van der Waals surface area contributed by atoms with E-state index in [0.29, 0.717) is 22.2 Å². The van der Waals surface area contributed by atoms with Crippen molar-refractivity contribution in [2.24, 2.45) is 4.99 Å². The summed E-state index contributed by atoms with van der Waals surface area (Å²) < 4.78 is 0. The molecule has 0 aromatic heterocycles. The fraction of sp³-hybridized carbons (Fsp3) is 0.167. The summed E-state index contributed by atoms with van der Waals surface area (Å²) in [5.74, 6) is -0.0141. The zero-order valence-electron chi connectivity index (χ0n) is 9.30. The number of nitrogens with one attached hydrogen (secondary N) is 1. The molecule has 0 aliphatic carbocycles. The molecule has 2 N–H and O–H groups in total. The first kappa shape index (κ1) is 11.7. The Morgan fingerprint density at radius 3 is 2.94 bits per heavy atom. The molecule has 0 atom stereocenters. The predicted molar refractivity (Wildman–Crippen MR) is 69.8 cm³/mol. The van der Waals surface area contributed by atoms with Crippen molar-refractivity contribution < 1.29 is 9.90 Å².